The SMILES string of the molecule is CCOCCN(CCOCC)c1ccccc1C(O)CC. The summed E-state index contributed by atoms with van der Waals surface area (Å²) in [5.41, 5.74) is 2.05. The predicted octanol–water partition coefficient (Wildman–Crippen LogP) is 3.01. The maximum Gasteiger partial charge on any atom is 0.0807 e. The first-order valence-corrected chi connectivity index (χ1v) is 7.91. The van der Waals surface area contributed by atoms with Crippen LogP contribution in [-0.4, -0.2) is 44.6 Å². The fourth-order valence-corrected chi connectivity index (χ4v) is 2.27. The molecular weight excluding hydrogens is 266 g/mol. The zero-order chi connectivity index (χ0) is 15.5. The lowest BCUT2D eigenvalue weighted by Gasteiger charge is -2.28. The molecule has 0 fully saturated rings. The second-order valence-corrected chi connectivity index (χ2v) is 4.86. The van der Waals surface area contributed by atoms with Gasteiger partial charge in [-0.25, -0.2) is 0 Å². The topological polar surface area (TPSA) is 41.9 Å². The Morgan fingerprint density at radius 1 is 1.00 bits per heavy atom. The van der Waals surface area contributed by atoms with Crippen LogP contribution in [0.5, 0.6) is 0 Å². The molecule has 0 spiro atoms. The highest BCUT2D eigenvalue weighted by atomic mass is 16.5. The van der Waals surface area contributed by atoms with Gasteiger partial charge in [0, 0.05) is 37.6 Å². The lowest BCUT2D eigenvalue weighted by atomic mass is 10.0. The summed E-state index contributed by atoms with van der Waals surface area (Å²) in [6.45, 7) is 10.4. The molecule has 0 aliphatic carbocycles. The van der Waals surface area contributed by atoms with Gasteiger partial charge in [0.05, 0.1) is 19.3 Å². The maximum atomic E-state index is 10.2. The first kappa shape index (κ1) is 18.0. The molecule has 120 valence electrons. The summed E-state index contributed by atoms with van der Waals surface area (Å²) < 4.78 is 10.9. The van der Waals surface area contributed by atoms with E-state index in [9.17, 15) is 5.11 Å². The van der Waals surface area contributed by atoms with Crippen LogP contribution in [-0.2, 0) is 9.47 Å². The number of rotatable bonds is 11. The minimum Gasteiger partial charge on any atom is -0.388 e. The van der Waals surface area contributed by atoms with Crippen LogP contribution in [0.3, 0.4) is 0 Å². The van der Waals surface area contributed by atoms with Gasteiger partial charge in [-0.3, -0.25) is 0 Å². The van der Waals surface area contributed by atoms with E-state index in [1.165, 1.54) is 0 Å². The summed E-state index contributed by atoms with van der Waals surface area (Å²) >= 11 is 0. The van der Waals surface area contributed by atoms with Gasteiger partial charge in [-0.15, -0.1) is 0 Å². The van der Waals surface area contributed by atoms with Crippen molar-refractivity contribution in [3.05, 3.63) is 29.8 Å². The second kappa shape index (κ2) is 10.6. The molecule has 0 aliphatic heterocycles. The highest BCUT2D eigenvalue weighted by molar-refractivity contribution is 5.54. The van der Waals surface area contributed by atoms with Crippen LogP contribution in [0.4, 0.5) is 5.69 Å². The van der Waals surface area contributed by atoms with Gasteiger partial charge in [-0.1, -0.05) is 25.1 Å². The molecule has 21 heavy (non-hydrogen) atoms. The Hall–Kier alpha value is -1.10. The molecule has 0 amide bonds. The lowest BCUT2D eigenvalue weighted by molar-refractivity contribution is 0.140. The van der Waals surface area contributed by atoms with Gasteiger partial charge < -0.3 is 19.5 Å². The van der Waals surface area contributed by atoms with E-state index < -0.39 is 6.10 Å². The van der Waals surface area contributed by atoms with Crippen molar-refractivity contribution in [2.75, 3.05) is 44.4 Å². The van der Waals surface area contributed by atoms with E-state index in [2.05, 4.69) is 11.0 Å². The average Bonchev–Trinajstić information content (AvgIpc) is 2.53. The molecule has 1 unspecified atom stereocenters. The largest absolute Gasteiger partial charge is 0.388 e. The van der Waals surface area contributed by atoms with E-state index in [0.717, 1.165) is 37.6 Å². The highest BCUT2D eigenvalue weighted by Crippen LogP contribution is 2.28. The molecule has 4 nitrogen and oxygen atoms in total. The predicted molar refractivity (Wildman–Crippen MR) is 86.9 cm³/mol. The van der Waals surface area contributed by atoms with Crippen LogP contribution in [0, 0.1) is 0 Å². The van der Waals surface area contributed by atoms with E-state index in [0.29, 0.717) is 19.6 Å². The van der Waals surface area contributed by atoms with E-state index in [1.807, 2.05) is 39.0 Å². The number of anilines is 1. The standard InChI is InChI=1S/C17H29NO3/c1-4-17(19)15-9-7-8-10-16(15)18(11-13-20-5-2)12-14-21-6-3/h7-10,17,19H,4-6,11-14H2,1-3H3. The van der Waals surface area contributed by atoms with Crippen molar-refractivity contribution in [2.45, 2.75) is 33.3 Å². The first-order valence-electron chi connectivity index (χ1n) is 7.91. The Morgan fingerprint density at radius 3 is 2.10 bits per heavy atom. The summed E-state index contributed by atoms with van der Waals surface area (Å²) in [6.07, 6.45) is 0.282. The molecule has 4 heteroatoms. The van der Waals surface area contributed by atoms with Crippen molar-refractivity contribution in [3.8, 4) is 0 Å². The summed E-state index contributed by atoms with van der Waals surface area (Å²) in [7, 11) is 0. The summed E-state index contributed by atoms with van der Waals surface area (Å²) in [4.78, 5) is 2.24. The highest BCUT2D eigenvalue weighted by Gasteiger charge is 2.15. The third-order valence-corrected chi connectivity index (χ3v) is 3.44. The van der Waals surface area contributed by atoms with Crippen LogP contribution in [0.25, 0.3) is 0 Å². The van der Waals surface area contributed by atoms with Crippen LogP contribution >= 0.6 is 0 Å². The van der Waals surface area contributed by atoms with Gasteiger partial charge >= 0.3 is 0 Å². The molecule has 0 saturated heterocycles. The first-order chi connectivity index (χ1) is 10.2. The van der Waals surface area contributed by atoms with Crippen LogP contribution < -0.4 is 4.90 Å². The van der Waals surface area contributed by atoms with Crippen LogP contribution in [0.15, 0.2) is 24.3 Å². The van der Waals surface area contributed by atoms with E-state index in [4.69, 9.17) is 9.47 Å². The smallest absolute Gasteiger partial charge is 0.0807 e. The lowest BCUT2D eigenvalue weighted by Crippen LogP contribution is -2.32. The third kappa shape index (κ3) is 6.04. The van der Waals surface area contributed by atoms with Crippen molar-refractivity contribution >= 4 is 5.69 Å². The summed E-state index contributed by atoms with van der Waals surface area (Å²) in [5.74, 6) is 0. The normalized spacial score (nSPS) is 12.4. The number of benzene rings is 1. The number of ether oxygens (including phenoxy) is 2. The zero-order valence-electron chi connectivity index (χ0n) is 13.5. The van der Waals surface area contributed by atoms with Crippen molar-refractivity contribution < 1.29 is 14.6 Å². The molecule has 0 aliphatic rings. The molecule has 1 N–H and O–H groups in total. The molecule has 1 rings (SSSR count). The van der Waals surface area contributed by atoms with Crippen molar-refractivity contribution in [3.63, 3.8) is 0 Å². The number of aliphatic hydroxyl groups excluding tert-OH is 1. The number of hydrogen-bond donors (Lipinski definition) is 1. The molecule has 0 aromatic heterocycles. The van der Waals surface area contributed by atoms with Crippen molar-refractivity contribution in [1.29, 1.82) is 0 Å². The maximum absolute atomic E-state index is 10.2. The quantitative estimate of drug-likeness (QED) is 0.637. The zero-order valence-corrected chi connectivity index (χ0v) is 13.5. The number of hydrogen-bond acceptors (Lipinski definition) is 4. The minimum absolute atomic E-state index is 0.428. The molecule has 1 atom stereocenters. The molecule has 0 saturated carbocycles. The van der Waals surface area contributed by atoms with Crippen LogP contribution in [0.2, 0.25) is 0 Å². The van der Waals surface area contributed by atoms with Crippen LogP contribution in [0.1, 0.15) is 38.9 Å². The van der Waals surface area contributed by atoms with Gasteiger partial charge in [0.1, 0.15) is 0 Å². The van der Waals surface area contributed by atoms with Crippen molar-refractivity contribution in [2.24, 2.45) is 0 Å². The Balaban J connectivity index is 2.84. The minimum atomic E-state index is -0.428. The molecule has 1 aromatic carbocycles. The number of nitrogens with zero attached hydrogens (tertiary/aromatic N) is 1. The van der Waals surface area contributed by atoms with Gasteiger partial charge in [-0.2, -0.15) is 0 Å². The Morgan fingerprint density at radius 2 is 1.57 bits per heavy atom. The van der Waals surface area contributed by atoms with Gasteiger partial charge in [-0.05, 0) is 26.3 Å². The van der Waals surface area contributed by atoms with E-state index in [-0.39, 0.29) is 0 Å². The van der Waals surface area contributed by atoms with Gasteiger partial charge in [0.15, 0.2) is 0 Å². The number of aliphatic hydroxyl groups is 1. The molecule has 0 heterocycles. The fourth-order valence-electron chi connectivity index (χ4n) is 2.27. The Labute approximate surface area is 128 Å². The summed E-state index contributed by atoms with van der Waals surface area (Å²) in [5, 5.41) is 10.2. The molecular formula is C17H29NO3. The Kier molecular flexibility index (Phi) is 9.06. The van der Waals surface area contributed by atoms with Gasteiger partial charge in [0.25, 0.3) is 0 Å². The monoisotopic (exact) mass is 295 g/mol. The number of para-hydroxylation sites is 1. The molecule has 0 radical (unpaired) electrons. The fraction of sp³-hybridized carbons (Fsp3) is 0.647. The molecule has 0 bridgehead atoms. The van der Waals surface area contributed by atoms with Gasteiger partial charge in [0.2, 0.25) is 0 Å². The van der Waals surface area contributed by atoms with E-state index in [1.54, 1.807) is 0 Å². The second-order valence-electron chi connectivity index (χ2n) is 4.86. The molecule has 1 aromatic rings. The summed E-state index contributed by atoms with van der Waals surface area (Å²) in [6, 6.07) is 8.04. The Bertz CT molecular complexity index is 374. The average molecular weight is 295 g/mol. The van der Waals surface area contributed by atoms with E-state index >= 15 is 0 Å². The van der Waals surface area contributed by atoms with Crippen molar-refractivity contribution in [1.82, 2.24) is 0 Å². The third-order valence-electron chi connectivity index (χ3n) is 3.44.